The Labute approximate surface area is 82.0 Å². The number of ketones is 2. The first-order chi connectivity index (χ1) is 6.65. The van der Waals surface area contributed by atoms with E-state index in [4.69, 9.17) is 4.74 Å². The van der Waals surface area contributed by atoms with Crippen molar-refractivity contribution in [3.05, 3.63) is 0 Å². The normalized spacial score (nSPS) is 17.9. The number of likely N-dealkylation sites (tertiary alicyclic amines) is 1. The number of carbonyl (C=O) groups is 3. The highest BCUT2D eigenvalue weighted by atomic mass is 16.6. The van der Waals surface area contributed by atoms with Crippen LogP contribution < -0.4 is 0 Å². The van der Waals surface area contributed by atoms with E-state index in [1.54, 1.807) is 6.92 Å². The van der Waals surface area contributed by atoms with Crippen molar-refractivity contribution in [2.75, 3.05) is 19.7 Å². The fourth-order valence-electron chi connectivity index (χ4n) is 1.28. The molecule has 1 aliphatic heterocycles. The third-order valence-corrected chi connectivity index (χ3v) is 2.00. The summed E-state index contributed by atoms with van der Waals surface area (Å²) < 4.78 is 4.74. The second-order valence-electron chi connectivity index (χ2n) is 3.07. The lowest BCUT2D eigenvalue weighted by atomic mass is 10.2. The van der Waals surface area contributed by atoms with E-state index in [9.17, 15) is 14.4 Å². The Balaban J connectivity index is 2.58. The molecule has 1 amide bonds. The Morgan fingerprint density at radius 2 is 2.14 bits per heavy atom. The predicted octanol–water partition coefficient (Wildman–Crippen LogP) is 0.377. The van der Waals surface area contributed by atoms with Gasteiger partial charge >= 0.3 is 6.09 Å². The first-order valence-electron chi connectivity index (χ1n) is 4.63. The molecule has 0 radical (unpaired) electrons. The van der Waals surface area contributed by atoms with Crippen molar-refractivity contribution in [2.24, 2.45) is 0 Å². The monoisotopic (exact) mass is 199 g/mol. The van der Waals surface area contributed by atoms with Crippen LogP contribution in [0.1, 0.15) is 19.8 Å². The molecule has 0 aliphatic carbocycles. The van der Waals surface area contributed by atoms with E-state index in [1.807, 2.05) is 0 Å². The van der Waals surface area contributed by atoms with Crippen LogP contribution in [0.4, 0.5) is 4.79 Å². The quantitative estimate of drug-likeness (QED) is 0.572. The zero-order valence-corrected chi connectivity index (χ0v) is 8.12. The molecule has 1 heterocycles. The Kier molecular flexibility index (Phi) is 3.62. The number of nitrogens with zero attached hydrogens (tertiary/aromatic N) is 1. The molecule has 0 unspecified atom stereocenters. The maximum Gasteiger partial charge on any atom is 0.410 e. The van der Waals surface area contributed by atoms with Gasteiger partial charge in [-0.15, -0.1) is 0 Å². The van der Waals surface area contributed by atoms with E-state index >= 15 is 0 Å². The van der Waals surface area contributed by atoms with Crippen molar-refractivity contribution in [2.45, 2.75) is 19.8 Å². The van der Waals surface area contributed by atoms with Crippen LogP contribution >= 0.6 is 0 Å². The average molecular weight is 199 g/mol. The molecule has 0 bridgehead atoms. The number of hydrogen-bond acceptors (Lipinski definition) is 4. The molecular formula is C9H13NO4. The SMILES string of the molecule is CCOC(=O)N1CCCC(=O)C(=O)C1. The molecule has 0 aromatic carbocycles. The van der Waals surface area contributed by atoms with Crippen molar-refractivity contribution in [1.29, 1.82) is 0 Å². The topological polar surface area (TPSA) is 63.7 Å². The van der Waals surface area contributed by atoms with Gasteiger partial charge in [-0.25, -0.2) is 4.79 Å². The molecule has 0 aromatic heterocycles. The van der Waals surface area contributed by atoms with Crippen molar-refractivity contribution >= 4 is 17.7 Å². The van der Waals surface area contributed by atoms with Gasteiger partial charge in [0.1, 0.15) is 0 Å². The number of rotatable bonds is 1. The molecule has 1 fully saturated rings. The van der Waals surface area contributed by atoms with E-state index in [-0.39, 0.29) is 19.6 Å². The zero-order chi connectivity index (χ0) is 10.6. The summed E-state index contributed by atoms with van der Waals surface area (Å²) in [5, 5.41) is 0. The van der Waals surface area contributed by atoms with Crippen LogP contribution in [0.2, 0.25) is 0 Å². The maximum atomic E-state index is 11.2. The van der Waals surface area contributed by atoms with Crippen molar-refractivity contribution in [1.82, 2.24) is 4.90 Å². The summed E-state index contributed by atoms with van der Waals surface area (Å²) in [6, 6.07) is 0. The Bertz CT molecular complexity index is 262. The van der Waals surface area contributed by atoms with Crippen LogP contribution in [0.5, 0.6) is 0 Å². The van der Waals surface area contributed by atoms with E-state index in [1.165, 1.54) is 4.90 Å². The van der Waals surface area contributed by atoms with Gasteiger partial charge in [-0.1, -0.05) is 0 Å². The molecule has 5 heteroatoms. The fourth-order valence-corrected chi connectivity index (χ4v) is 1.28. The molecular weight excluding hydrogens is 186 g/mol. The first-order valence-corrected chi connectivity index (χ1v) is 4.63. The van der Waals surface area contributed by atoms with E-state index in [0.717, 1.165) is 0 Å². The molecule has 1 saturated heterocycles. The number of ether oxygens (including phenoxy) is 1. The summed E-state index contributed by atoms with van der Waals surface area (Å²) in [6.07, 6.45) is 0.244. The van der Waals surface area contributed by atoms with Gasteiger partial charge in [0, 0.05) is 13.0 Å². The number of carbonyl (C=O) groups excluding carboxylic acids is 3. The average Bonchev–Trinajstić information content (AvgIpc) is 2.30. The Morgan fingerprint density at radius 1 is 1.43 bits per heavy atom. The zero-order valence-electron chi connectivity index (χ0n) is 8.12. The third-order valence-electron chi connectivity index (χ3n) is 2.00. The van der Waals surface area contributed by atoms with Gasteiger partial charge in [0.05, 0.1) is 13.2 Å². The van der Waals surface area contributed by atoms with Gasteiger partial charge < -0.3 is 9.64 Å². The minimum atomic E-state index is -0.518. The summed E-state index contributed by atoms with van der Waals surface area (Å²) in [7, 11) is 0. The van der Waals surface area contributed by atoms with Gasteiger partial charge in [0.15, 0.2) is 5.78 Å². The van der Waals surface area contributed by atoms with Crippen LogP contribution in [0, 0.1) is 0 Å². The summed E-state index contributed by atoms with van der Waals surface area (Å²) in [6.45, 7) is 2.24. The predicted molar refractivity (Wildman–Crippen MR) is 47.8 cm³/mol. The van der Waals surface area contributed by atoms with Gasteiger partial charge in [-0.2, -0.15) is 0 Å². The number of hydrogen-bond donors (Lipinski definition) is 0. The van der Waals surface area contributed by atoms with Gasteiger partial charge in [-0.05, 0) is 13.3 Å². The van der Waals surface area contributed by atoms with Crippen molar-refractivity contribution in [3.63, 3.8) is 0 Å². The van der Waals surface area contributed by atoms with E-state index in [0.29, 0.717) is 13.0 Å². The Hall–Kier alpha value is -1.39. The van der Waals surface area contributed by atoms with E-state index in [2.05, 4.69) is 0 Å². The van der Waals surface area contributed by atoms with Crippen LogP contribution in [0.15, 0.2) is 0 Å². The minimum Gasteiger partial charge on any atom is -0.450 e. The molecule has 0 N–H and O–H groups in total. The standard InChI is InChI=1S/C9H13NO4/c1-2-14-9(13)10-5-3-4-7(11)8(12)6-10/h2-6H2,1H3. The minimum absolute atomic E-state index is 0.141. The second kappa shape index (κ2) is 4.74. The third kappa shape index (κ3) is 2.55. The summed E-state index contributed by atoms with van der Waals surface area (Å²) >= 11 is 0. The van der Waals surface area contributed by atoms with Crippen molar-refractivity contribution in [3.8, 4) is 0 Å². The highest BCUT2D eigenvalue weighted by molar-refractivity contribution is 6.38. The van der Waals surface area contributed by atoms with Gasteiger partial charge in [-0.3, -0.25) is 9.59 Å². The highest BCUT2D eigenvalue weighted by Gasteiger charge is 2.25. The van der Waals surface area contributed by atoms with Gasteiger partial charge in [0.25, 0.3) is 0 Å². The van der Waals surface area contributed by atoms with Crippen molar-refractivity contribution < 1.29 is 19.1 Å². The number of amides is 1. The van der Waals surface area contributed by atoms with Crippen LogP contribution in [0.25, 0.3) is 0 Å². The lowest BCUT2D eigenvalue weighted by Gasteiger charge is -2.17. The molecule has 1 aliphatic rings. The molecule has 0 saturated carbocycles. The summed E-state index contributed by atoms with van der Waals surface area (Å²) in [4.78, 5) is 34.7. The lowest BCUT2D eigenvalue weighted by molar-refractivity contribution is -0.136. The summed E-state index contributed by atoms with van der Waals surface area (Å²) in [5.74, 6) is -0.896. The lowest BCUT2D eigenvalue weighted by Crippen LogP contribution is -2.36. The van der Waals surface area contributed by atoms with E-state index < -0.39 is 17.7 Å². The van der Waals surface area contributed by atoms with Crippen LogP contribution in [-0.4, -0.2) is 42.3 Å². The summed E-state index contributed by atoms with van der Waals surface area (Å²) in [5.41, 5.74) is 0. The molecule has 1 rings (SSSR count). The highest BCUT2D eigenvalue weighted by Crippen LogP contribution is 2.05. The molecule has 78 valence electrons. The fraction of sp³-hybridized carbons (Fsp3) is 0.667. The molecule has 5 nitrogen and oxygen atoms in total. The molecule has 14 heavy (non-hydrogen) atoms. The molecule has 0 aromatic rings. The first kappa shape index (κ1) is 10.7. The molecule has 0 spiro atoms. The smallest absolute Gasteiger partial charge is 0.410 e. The largest absolute Gasteiger partial charge is 0.450 e. The molecule has 0 atom stereocenters. The Morgan fingerprint density at radius 3 is 2.79 bits per heavy atom. The van der Waals surface area contributed by atoms with Gasteiger partial charge in [0.2, 0.25) is 5.78 Å². The van der Waals surface area contributed by atoms with Crippen LogP contribution in [0.3, 0.4) is 0 Å². The maximum absolute atomic E-state index is 11.2. The number of Topliss-reactive ketones (excluding diaryl/α,β-unsaturated/α-hetero) is 2. The second-order valence-corrected chi connectivity index (χ2v) is 3.07. The van der Waals surface area contributed by atoms with Crippen LogP contribution in [-0.2, 0) is 14.3 Å².